The van der Waals surface area contributed by atoms with Crippen LogP contribution in [0.1, 0.15) is 23.2 Å². The Morgan fingerprint density at radius 1 is 1.05 bits per heavy atom. The average Bonchev–Trinajstić information content (AvgIpc) is 2.50. The molecular weight excluding hydrogens is 276 g/mol. The Morgan fingerprint density at radius 3 is 2.19 bits per heavy atom. The van der Waals surface area contributed by atoms with Gasteiger partial charge in [0.05, 0.1) is 0 Å². The summed E-state index contributed by atoms with van der Waals surface area (Å²) in [7, 11) is 0. The van der Waals surface area contributed by atoms with E-state index in [-0.39, 0.29) is 12.8 Å². The Bertz CT molecular complexity index is 516. The number of rotatable bonds is 6. The van der Waals surface area contributed by atoms with E-state index in [9.17, 15) is 14.4 Å². The van der Waals surface area contributed by atoms with Crippen LogP contribution >= 0.6 is 0 Å². The van der Waals surface area contributed by atoms with Gasteiger partial charge in [0.2, 0.25) is 5.91 Å². The lowest BCUT2D eigenvalue weighted by molar-refractivity contribution is -0.124. The largest absolute Gasteiger partial charge is 0.399 e. The molecule has 0 unspecified atom stereocenters. The molecule has 0 bridgehead atoms. The first kappa shape index (κ1) is 16.4. The summed E-state index contributed by atoms with van der Waals surface area (Å²) in [6, 6.07) is 5.23. The van der Waals surface area contributed by atoms with Crippen molar-refractivity contribution < 1.29 is 14.4 Å². The molecule has 0 heterocycles. The minimum absolute atomic E-state index is 0.0311. The number of hydrogen-bond donors (Lipinski definition) is 6. The molecule has 9 nitrogen and oxygen atoms in total. The highest BCUT2D eigenvalue weighted by molar-refractivity contribution is 5.97. The van der Waals surface area contributed by atoms with E-state index in [1.54, 1.807) is 12.1 Å². The second kappa shape index (κ2) is 7.82. The quantitative estimate of drug-likeness (QED) is 0.155. The molecule has 3 amide bonds. The SMILES string of the molecule is NNC(=O)CC[C@@H](NC(=O)c1ccc(N)cc1)C(=O)NN. The number of amides is 3. The van der Waals surface area contributed by atoms with Gasteiger partial charge in [-0.25, -0.2) is 11.7 Å². The van der Waals surface area contributed by atoms with Gasteiger partial charge in [-0.05, 0) is 30.7 Å². The van der Waals surface area contributed by atoms with E-state index in [4.69, 9.17) is 17.4 Å². The molecular formula is C12H18N6O3. The fourth-order valence-corrected chi connectivity index (χ4v) is 1.59. The Balaban J connectivity index is 2.71. The maximum atomic E-state index is 12.0. The summed E-state index contributed by atoms with van der Waals surface area (Å²) in [4.78, 5) is 34.7. The van der Waals surface area contributed by atoms with Crippen molar-refractivity contribution >= 4 is 23.4 Å². The van der Waals surface area contributed by atoms with Crippen LogP contribution in [0.25, 0.3) is 0 Å². The zero-order valence-corrected chi connectivity index (χ0v) is 11.3. The van der Waals surface area contributed by atoms with E-state index in [1.165, 1.54) is 12.1 Å². The van der Waals surface area contributed by atoms with Crippen LogP contribution in [0.4, 0.5) is 5.69 Å². The van der Waals surface area contributed by atoms with Crippen molar-refractivity contribution in [3.8, 4) is 0 Å². The fraction of sp³-hybridized carbons (Fsp3) is 0.250. The van der Waals surface area contributed by atoms with Crippen LogP contribution in [-0.2, 0) is 9.59 Å². The van der Waals surface area contributed by atoms with Gasteiger partial charge in [0.25, 0.3) is 11.8 Å². The molecule has 9 N–H and O–H groups in total. The maximum Gasteiger partial charge on any atom is 0.256 e. The summed E-state index contributed by atoms with van der Waals surface area (Å²) >= 11 is 0. The first-order valence-electron chi connectivity index (χ1n) is 6.14. The zero-order valence-electron chi connectivity index (χ0n) is 11.3. The summed E-state index contributed by atoms with van der Waals surface area (Å²) < 4.78 is 0. The molecule has 0 aliphatic carbocycles. The molecule has 0 aliphatic heterocycles. The molecule has 1 aromatic rings. The van der Waals surface area contributed by atoms with E-state index < -0.39 is 23.8 Å². The van der Waals surface area contributed by atoms with E-state index in [0.717, 1.165) is 0 Å². The van der Waals surface area contributed by atoms with E-state index in [1.807, 2.05) is 10.9 Å². The van der Waals surface area contributed by atoms with Crippen molar-refractivity contribution in [1.29, 1.82) is 0 Å². The summed E-state index contributed by atoms with van der Waals surface area (Å²) in [6.45, 7) is 0. The molecule has 21 heavy (non-hydrogen) atoms. The number of nitrogens with one attached hydrogen (secondary N) is 3. The molecule has 9 heteroatoms. The van der Waals surface area contributed by atoms with Crippen molar-refractivity contribution in [2.75, 3.05) is 5.73 Å². The van der Waals surface area contributed by atoms with Gasteiger partial charge in [0.1, 0.15) is 6.04 Å². The highest BCUT2D eigenvalue weighted by Gasteiger charge is 2.21. The van der Waals surface area contributed by atoms with Gasteiger partial charge in [0.15, 0.2) is 0 Å². The smallest absolute Gasteiger partial charge is 0.256 e. The van der Waals surface area contributed by atoms with E-state index >= 15 is 0 Å². The number of hydrazine groups is 2. The van der Waals surface area contributed by atoms with Crippen molar-refractivity contribution in [1.82, 2.24) is 16.2 Å². The minimum atomic E-state index is -0.947. The van der Waals surface area contributed by atoms with Gasteiger partial charge in [0, 0.05) is 17.7 Å². The molecule has 0 aliphatic rings. The Kier molecular flexibility index (Phi) is 6.11. The average molecular weight is 294 g/mol. The van der Waals surface area contributed by atoms with Gasteiger partial charge in [-0.15, -0.1) is 0 Å². The number of benzene rings is 1. The highest BCUT2D eigenvalue weighted by Crippen LogP contribution is 2.06. The highest BCUT2D eigenvalue weighted by atomic mass is 16.2. The summed E-state index contributed by atoms with van der Waals surface area (Å²) in [5.74, 6) is 8.47. The lowest BCUT2D eigenvalue weighted by Gasteiger charge is -2.16. The monoisotopic (exact) mass is 294 g/mol. The van der Waals surface area contributed by atoms with E-state index in [2.05, 4.69) is 5.32 Å². The Labute approximate surface area is 121 Å². The van der Waals surface area contributed by atoms with Crippen LogP contribution < -0.4 is 33.6 Å². The first-order valence-corrected chi connectivity index (χ1v) is 6.14. The predicted molar refractivity (Wildman–Crippen MR) is 76.0 cm³/mol. The standard InChI is InChI=1S/C12H18N6O3/c13-8-3-1-7(2-4-8)11(20)16-9(12(21)18-15)5-6-10(19)17-14/h1-4,9H,5-6,13-15H2,(H,16,20)(H,17,19)(H,18,21)/t9-/m1/s1. The van der Waals surface area contributed by atoms with Crippen molar-refractivity contribution in [2.45, 2.75) is 18.9 Å². The van der Waals surface area contributed by atoms with Crippen molar-refractivity contribution in [2.24, 2.45) is 11.7 Å². The minimum Gasteiger partial charge on any atom is -0.399 e. The maximum absolute atomic E-state index is 12.0. The zero-order chi connectivity index (χ0) is 15.8. The fourth-order valence-electron chi connectivity index (χ4n) is 1.59. The Morgan fingerprint density at radius 2 is 1.67 bits per heavy atom. The third-order valence-corrected chi connectivity index (χ3v) is 2.76. The van der Waals surface area contributed by atoms with Gasteiger partial charge in [-0.2, -0.15) is 0 Å². The Hall–Kier alpha value is -2.65. The van der Waals surface area contributed by atoms with Gasteiger partial charge in [-0.1, -0.05) is 0 Å². The van der Waals surface area contributed by atoms with Gasteiger partial charge < -0.3 is 11.1 Å². The molecule has 1 atom stereocenters. The molecule has 0 fully saturated rings. The third kappa shape index (κ3) is 5.09. The summed E-state index contributed by atoms with van der Waals surface area (Å²) in [5.41, 5.74) is 10.3. The van der Waals surface area contributed by atoms with Gasteiger partial charge in [-0.3, -0.25) is 25.2 Å². The number of carbonyl (C=O) groups excluding carboxylic acids is 3. The molecule has 0 radical (unpaired) electrons. The van der Waals surface area contributed by atoms with Crippen LogP contribution in [0.2, 0.25) is 0 Å². The number of carbonyl (C=O) groups is 3. The number of anilines is 1. The van der Waals surface area contributed by atoms with Crippen LogP contribution in [0, 0.1) is 0 Å². The van der Waals surface area contributed by atoms with Gasteiger partial charge >= 0.3 is 0 Å². The number of nitrogen functional groups attached to an aromatic ring is 1. The second-order valence-corrected chi connectivity index (χ2v) is 4.26. The number of hydrogen-bond acceptors (Lipinski definition) is 6. The molecule has 0 saturated carbocycles. The second-order valence-electron chi connectivity index (χ2n) is 4.26. The van der Waals surface area contributed by atoms with Crippen molar-refractivity contribution in [3.63, 3.8) is 0 Å². The van der Waals surface area contributed by atoms with E-state index in [0.29, 0.717) is 11.3 Å². The third-order valence-electron chi connectivity index (χ3n) is 2.76. The summed E-state index contributed by atoms with van der Waals surface area (Å²) in [6.07, 6.45) is 0.0311. The lowest BCUT2D eigenvalue weighted by atomic mass is 10.1. The normalized spacial score (nSPS) is 11.3. The number of nitrogens with two attached hydrogens (primary N) is 3. The van der Waals surface area contributed by atoms with Crippen LogP contribution in [0.3, 0.4) is 0 Å². The molecule has 0 aromatic heterocycles. The molecule has 0 spiro atoms. The molecule has 114 valence electrons. The molecule has 0 saturated heterocycles. The van der Waals surface area contributed by atoms with Crippen molar-refractivity contribution in [3.05, 3.63) is 29.8 Å². The predicted octanol–water partition coefficient (Wildman–Crippen LogP) is -1.87. The topological polar surface area (TPSA) is 165 Å². The van der Waals surface area contributed by atoms with Crippen LogP contribution in [0.15, 0.2) is 24.3 Å². The summed E-state index contributed by atoms with van der Waals surface area (Å²) in [5, 5.41) is 2.49. The first-order chi connectivity index (χ1) is 9.97. The molecule has 1 rings (SSSR count). The molecule has 1 aromatic carbocycles. The lowest BCUT2D eigenvalue weighted by Crippen LogP contribution is -2.49. The van der Waals surface area contributed by atoms with Crippen LogP contribution in [0.5, 0.6) is 0 Å². The van der Waals surface area contributed by atoms with Crippen LogP contribution in [-0.4, -0.2) is 23.8 Å².